The number of nitrogens with one attached hydrogen (secondary N) is 1. The molecule has 0 saturated carbocycles. The fourth-order valence-corrected chi connectivity index (χ4v) is 3.31. The highest BCUT2D eigenvalue weighted by Gasteiger charge is 2.18. The van der Waals surface area contributed by atoms with Gasteiger partial charge in [0.25, 0.3) is 5.91 Å². The van der Waals surface area contributed by atoms with Gasteiger partial charge in [-0.15, -0.1) is 16.9 Å². The lowest BCUT2D eigenvalue weighted by atomic mass is 10.1. The Balaban J connectivity index is 1.68. The van der Waals surface area contributed by atoms with Crippen LogP contribution in [-0.4, -0.2) is 36.1 Å². The molecule has 0 aliphatic rings. The Kier molecular flexibility index (Phi) is 6.54. The van der Waals surface area contributed by atoms with E-state index in [-0.39, 0.29) is 6.01 Å². The molecule has 0 bridgehead atoms. The topological polar surface area (TPSA) is 86.5 Å². The first kappa shape index (κ1) is 19.8. The molecule has 7 nitrogen and oxygen atoms in total. The van der Waals surface area contributed by atoms with Crippen LogP contribution in [0.5, 0.6) is 11.5 Å². The van der Waals surface area contributed by atoms with Crippen LogP contribution < -0.4 is 14.8 Å². The van der Waals surface area contributed by atoms with Gasteiger partial charge in [-0.3, -0.25) is 10.1 Å². The van der Waals surface area contributed by atoms with Gasteiger partial charge in [0.2, 0.25) is 5.89 Å². The predicted molar refractivity (Wildman–Crippen MR) is 107 cm³/mol. The molecule has 3 rings (SSSR count). The van der Waals surface area contributed by atoms with Gasteiger partial charge in [0, 0.05) is 4.90 Å². The van der Waals surface area contributed by atoms with Crippen molar-refractivity contribution in [1.82, 2.24) is 10.2 Å². The first-order valence-corrected chi connectivity index (χ1v) is 9.69. The van der Waals surface area contributed by atoms with Crippen LogP contribution in [0, 0.1) is 0 Å². The SMILES string of the molecule is CCSc1ccc(Cc2nnc(NC(=O)c3cccc(OC)c3OC)o2)cc1. The van der Waals surface area contributed by atoms with E-state index in [1.54, 1.807) is 30.0 Å². The largest absolute Gasteiger partial charge is 0.493 e. The molecule has 1 aromatic heterocycles. The molecule has 0 radical (unpaired) electrons. The van der Waals surface area contributed by atoms with Crippen LogP contribution in [0.15, 0.2) is 51.8 Å². The second-order valence-electron chi connectivity index (χ2n) is 5.75. The Morgan fingerprint density at radius 1 is 1.11 bits per heavy atom. The quantitative estimate of drug-likeness (QED) is 0.572. The van der Waals surface area contributed by atoms with E-state index in [4.69, 9.17) is 13.9 Å². The van der Waals surface area contributed by atoms with Gasteiger partial charge in [-0.1, -0.05) is 30.2 Å². The second kappa shape index (κ2) is 9.27. The molecule has 0 aliphatic heterocycles. The van der Waals surface area contributed by atoms with Crippen molar-refractivity contribution in [2.75, 3.05) is 25.3 Å². The van der Waals surface area contributed by atoms with Crippen molar-refractivity contribution < 1.29 is 18.7 Å². The molecule has 0 spiro atoms. The smallest absolute Gasteiger partial charge is 0.322 e. The van der Waals surface area contributed by atoms with Crippen molar-refractivity contribution in [1.29, 1.82) is 0 Å². The van der Waals surface area contributed by atoms with Crippen LogP contribution in [0.1, 0.15) is 28.7 Å². The lowest BCUT2D eigenvalue weighted by Crippen LogP contribution is -2.13. The van der Waals surface area contributed by atoms with Gasteiger partial charge >= 0.3 is 6.01 Å². The summed E-state index contributed by atoms with van der Waals surface area (Å²) < 4.78 is 16.1. The van der Waals surface area contributed by atoms with E-state index in [0.717, 1.165) is 11.3 Å². The van der Waals surface area contributed by atoms with E-state index in [1.165, 1.54) is 19.1 Å². The van der Waals surface area contributed by atoms with Gasteiger partial charge in [0.1, 0.15) is 0 Å². The van der Waals surface area contributed by atoms with Crippen LogP contribution in [0.2, 0.25) is 0 Å². The number of rotatable bonds is 8. The van der Waals surface area contributed by atoms with Gasteiger partial charge < -0.3 is 13.9 Å². The minimum atomic E-state index is -0.424. The number of carbonyl (C=O) groups is 1. The highest BCUT2D eigenvalue weighted by molar-refractivity contribution is 7.99. The Bertz CT molecular complexity index is 941. The second-order valence-corrected chi connectivity index (χ2v) is 7.09. The molecule has 0 atom stereocenters. The van der Waals surface area contributed by atoms with E-state index in [1.807, 2.05) is 12.1 Å². The number of thioether (sulfide) groups is 1. The number of hydrogen-bond acceptors (Lipinski definition) is 7. The zero-order chi connectivity index (χ0) is 19.9. The highest BCUT2D eigenvalue weighted by Crippen LogP contribution is 2.31. The summed E-state index contributed by atoms with van der Waals surface area (Å²) >= 11 is 1.79. The Morgan fingerprint density at radius 3 is 2.57 bits per heavy atom. The number of nitrogens with zero attached hydrogens (tertiary/aromatic N) is 2. The summed E-state index contributed by atoms with van der Waals surface area (Å²) in [5.41, 5.74) is 1.36. The molecular weight excluding hydrogens is 378 g/mol. The zero-order valence-electron chi connectivity index (χ0n) is 15.9. The first-order chi connectivity index (χ1) is 13.6. The van der Waals surface area contributed by atoms with Crippen molar-refractivity contribution in [2.45, 2.75) is 18.2 Å². The molecule has 0 saturated heterocycles. The summed E-state index contributed by atoms with van der Waals surface area (Å²) in [5, 5.41) is 10.5. The third-order valence-electron chi connectivity index (χ3n) is 3.92. The Morgan fingerprint density at radius 2 is 1.89 bits per heavy atom. The van der Waals surface area contributed by atoms with Gasteiger partial charge in [0.05, 0.1) is 26.2 Å². The number of methoxy groups -OCH3 is 2. The van der Waals surface area contributed by atoms with Crippen molar-refractivity contribution in [3.63, 3.8) is 0 Å². The molecular formula is C20H21N3O4S. The maximum atomic E-state index is 12.6. The van der Waals surface area contributed by atoms with Crippen LogP contribution in [0.3, 0.4) is 0 Å². The molecule has 8 heteroatoms. The van der Waals surface area contributed by atoms with Gasteiger partial charge in [0.15, 0.2) is 11.5 Å². The predicted octanol–water partition coefficient (Wildman–Crippen LogP) is 4.04. The summed E-state index contributed by atoms with van der Waals surface area (Å²) in [5.74, 6) is 1.83. The highest BCUT2D eigenvalue weighted by atomic mass is 32.2. The van der Waals surface area contributed by atoms with Crippen molar-refractivity contribution in [2.24, 2.45) is 0 Å². The molecule has 0 aliphatic carbocycles. The minimum Gasteiger partial charge on any atom is -0.493 e. The number of anilines is 1. The van der Waals surface area contributed by atoms with Crippen LogP contribution >= 0.6 is 11.8 Å². The number of amides is 1. The monoisotopic (exact) mass is 399 g/mol. The van der Waals surface area contributed by atoms with Gasteiger partial charge in [-0.25, -0.2) is 0 Å². The molecule has 1 N–H and O–H groups in total. The Hall–Kier alpha value is -3.00. The fourth-order valence-electron chi connectivity index (χ4n) is 2.65. The van der Waals surface area contributed by atoms with Crippen LogP contribution in [0.4, 0.5) is 6.01 Å². The van der Waals surface area contributed by atoms with Crippen LogP contribution in [0.25, 0.3) is 0 Å². The lowest BCUT2D eigenvalue weighted by Gasteiger charge is -2.11. The average Bonchev–Trinajstić information content (AvgIpc) is 3.15. The fraction of sp³-hybridized carbons (Fsp3) is 0.250. The summed E-state index contributed by atoms with van der Waals surface area (Å²) in [6.07, 6.45) is 0.489. The van der Waals surface area contributed by atoms with Crippen LogP contribution in [-0.2, 0) is 6.42 Å². The van der Waals surface area contributed by atoms with Crippen molar-refractivity contribution >= 4 is 23.7 Å². The van der Waals surface area contributed by atoms with Crippen molar-refractivity contribution in [3.05, 3.63) is 59.5 Å². The van der Waals surface area contributed by atoms with Gasteiger partial charge in [-0.05, 0) is 35.6 Å². The number of hydrogen-bond donors (Lipinski definition) is 1. The third kappa shape index (κ3) is 4.64. The molecule has 146 valence electrons. The summed E-state index contributed by atoms with van der Waals surface area (Å²) in [7, 11) is 2.99. The maximum absolute atomic E-state index is 12.6. The van der Waals surface area contributed by atoms with E-state index < -0.39 is 5.91 Å². The number of para-hydroxylation sites is 1. The number of benzene rings is 2. The maximum Gasteiger partial charge on any atom is 0.322 e. The summed E-state index contributed by atoms with van der Waals surface area (Å²) in [6, 6.07) is 13.3. The number of ether oxygens (including phenoxy) is 2. The molecule has 3 aromatic rings. The normalized spacial score (nSPS) is 10.5. The van der Waals surface area contributed by atoms with E-state index in [9.17, 15) is 4.79 Å². The molecule has 0 fully saturated rings. The number of aromatic nitrogens is 2. The third-order valence-corrected chi connectivity index (χ3v) is 4.82. The summed E-state index contributed by atoms with van der Waals surface area (Å²) in [6.45, 7) is 2.12. The minimum absolute atomic E-state index is 0.0306. The lowest BCUT2D eigenvalue weighted by molar-refractivity contribution is 0.102. The average molecular weight is 399 g/mol. The standard InChI is InChI=1S/C20H21N3O4S/c1-4-28-14-10-8-13(9-11-14)12-17-22-23-20(27-17)21-19(24)15-6-5-7-16(25-2)18(15)26-3/h5-11H,4,12H2,1-3H3,(H,21,23,24). The molecule has 1 amide bonds. The molecule has 0 unspecified atom stereocenters. The molecule has 28 heavy (non-hydrogen) atoms. The number of carbonyl (C=O) groups excluding carboxylic acids is 1. The zero-order valence-corrected chi connectivity index (χ0v) is 16.7. The molecule has 2 aromatic carbocycles. The van der Waals surface area contributed by atoms with E-state index >= 15 is 0 Å². The van der Waals surface area contributed by atoms with E-state index in [2.05, 4.69) is 34.6 Å². The van der Waals surface area contributed by atoms with Gasteiger partial charge in [-0.2, -0.15) is 0 Å². The Labute approximate surface area is 167 Å². The van der Waals surface area contributed by atoms with E-state index in [0.29, 0.717) is 29.4 Å². The van der Waals surface area contributed by atoms with Crippen molar-refractivity contribution in [3.8, 4) is 11.5 Å². The molecule has 1 heterocycles. The first-order valence-electron chi connectivity index (χ1n) is 8.71. The summed E-state index contributed by atoms with van der Waals surface area (Å²) in [4.78, 5) is 13.8.